The number of hydrogen-bond donors (Lipinski definition) is 0. The molecule has 5 nitrogen and oxygen atoms in total. The molecule has 0 radical (unpaired) electrons. The summed E-state index contributed by atoms with van der Waals surface area (Å²) in [5.41, 5.74) is -0.266. The van der Waals surface area contributed by atoms with E-state index in [-0.39, 0.29) is 29.0 Å². The highest BCUT2D eigenvalue weighted by Gasteiger charge is 2.66. The minimum absolute atomic E-state index is 0.0450. The van der Waals surface area contributed by atoms with Crippen LogP contribution in [0.3, 0.4) is 0 Å². The van der Waals surface area contributed by atoms with Gasteiger partial charge in [-0.05, 0) is 36.5 Å². The minimum Gasteiger partial charge on any atom is -0.469 e. The molecule has 5 heteroatoms. The minimum atomic E-state index is -0.782. The van der Waals surface area contributed by atoms with Gasteiger partial charge in [0.1, 0.15) is 11.7 Å². The molecule has 0 aromatic carbocycles. The van der Waals surface area contributed by atoms with Crippen molar-refractivity contribution in [1.82, 2.24) is 0 Å². The maximum atomic E-state index is 12.5. The maximum absolute atomic E-state index is 12.5. The van der Waals surface area contributed by atoms with Crippen molar-refractivity contribution in [2.45, 2.75) is 38.5 Å². The van der Waals surface area contributed by atoms with Gasteiger partial charge in [0.2, 0.25) is 0 Å². The maximum Gasteiger partial charge on any atom is 0.316 e. The van der Waals surface area contributed by atoms with Crippen molar-refractivity contribution >= 4 is 17.7 Å². The third-order valence-corrected chi connectivity index (χ3v) is 6.05. The first-order valence-electron chi connectivity index (χ1n) is 7.73. The van der Waals surface area contributed by atoms with Crippen molar-refractivity contribution in [3.8, 4) is 0 Å². The second-order valence-electron chi connectivity index (χ2n) is 6.72. The fraction of sp³-hybridized carbons (Fsp3) is 0.812. The van der Waals surface area contributed by atoms with Gasteiger partial charge in [0.25, 0.3) is 0 Å². The Morgan fingerprint density at radius 2 is 1.86 bits per heavy atom. The highest BCUT2D eigenvalue weighted by molar-refractivity contribution is 6.02. The summed E-state index contributed by atoms with van der Waals surface area (Å²) in [6.07, 6.45) is 5.23. The quantitative estimate of drug-likeness (QED) is 0.573. The van der Waals surface area contributed by atoms with Crippen molar-refractivity contribution in [3.05, 3.63) is 0 Å². The molecular formula is C16H22O5. The number of ketones is 1. The molecule has 1 spiro atoms. The van der Waals surface area contributed by atoms with Gasteiger partial charge >= 0.3 is 11.9 Å². The van der Waals surface area contributed by atoms with E-state index in [0.29, 0.717) is 12.3 Å². The van der Waals surface area contributed by atoms with E-state index >= 15 is 0 Å². The first kappa shape index (κ1) is 14.5. The Morgan fingerprint density at radius 1 is 1.14 bits per heavy atom. The smallest absolute Gasteiger partial charge is 0.316 e. The zero-order valence-corrected chi connectivity index (χ0v) is 12.6. The molecule has 0 saturated heterocycles. The SMILES string of the molecule is COC(=O)C1C(=O)CC23CCCCC2CC1[C@@H]3C(=O)OC. The number of methoxy groups -OCH3 is 2. The van der Waals surface area contributed by atoms with Crippen LogP contribution in [0.2, 0.25) is 0 Å². The third-order valence-electron chi connectivity index (χ3n) is 6.05. The predicted molar refractivity (Wildman–Crippen MR) is 73.1 cm³/mol. The van der Waals surface area contributed by atoms with Crippen molar-refractivity contribution in [2.75, 3.05) is 14.2 Å². The average molecular weight is 294 g/mol. The highest BCUT2D eigenvalue weighted by Crippen LogP contribution is 2.65. The van der Waals surface area contributed by atoms with Crippen LogP contribution in [0.5, 0.6) is 0 Å². The first-order chi connectivity index (χ1) is 10.0. The van der Waals surface area contributed by atoms with Gasteiger partial charge in [0.05, 0.1) is 20.1 Å². The van der Waals surface area contributed by atoms with Gasteiger partial charge in [-0.15, -0.1) is 0 Å². The predicted octanol–water partition coefficient (Wildman–Crippen LogP) is 1.73. The summed E-state index contributed by atoms with van der Waals surface area (Å²) in [5.74, 6) is -1.78. The Balaban J connectivity index is 2.03. The van der Waals surface area contributed by atoms with E-state index < -0.39 is 11.9 Å². The molecule has 3 rings (SSSR count). The second kappa shape index (κ2) is 5.11. The van der Waals surface area contributed by atoms with Crippen molar-refractivity contribution in [2.24, 2.45) is 29.1 Å². The van der Waals surface area contributed by atoms with Crippen molar-refractivity contribution < 1.29 is 23.9 Å². The lowest BCUT2D eigenvalue weighted by molar-refractivity contribution is -0.165. The monoisotopic (exact) mass is 294 g/mol. The van der Waals surface area contributed by atoms with Gasteiger partial charge in [-0.3, -0.25) is 14.4 Å². The van der Waals surface area contributed by atoms with Gasteiger partial charge in [-0.2, -0.15) is 0 Å². The zero-order chi connectivity index (χ0) is 15.2. The van der Waals surface area contributed by atoms with Gasteiger partial charge in [-0.25, -0.2) is 0 Å². The number of ether oxygens (including phenoxy) is 2. The van der Waals surface area contributed by atoms with E-state index in [9.17, 15) is 14.4 Å². The van der Waals surface area contributed by atoms with E-state index in [1.807, 2.05) is 0 Å². The van der Waals surface area contributed by atoms with E-state index in [1.165, 1.54) is 14.2 Å². The molecule has 5 atom stereocenters. The number of esters is 2. The number of Topliss-reactive ketones (excluding diaryl/α,β-unsaturated/α-hetero) is 1. The summed E-state index contributed by atoms with van der Waals surface area (Å²) in [7, 11) is 2.69. The summed E-state index contributed by atoms with van der Waals surface area (Å²) in [4.78, 5) is 36.9. The van der Waals surface area contributed by atoms with Gasteiger partial charge in [0.15, 0.2) is 0 Å². The second-order valence-corrected chi connectivity index (χ2v) is 6.72. The van der Waals surface area contributed by atoms with Crippen molar-refractivity contribution in [1.29, 1.82) is 0 Å². The van der Waals surface area contributed by atoms with E-state index in [2.05, 4.69) is 0 Å². The molecule has 3 aliphatic rings. The fourth-order valence-corrected chi connectivity index (χ4v) is 5.30. The molecule has 116 valence electrons. The molecule has 0 heterocycles. The van der Waals surface area contributed by atoms with Crippen LogP contribution in [0.1, 0.15) is 38.5 Å². The summed E-state index contributed by atoms with van der Waals surface area (Å²) >= 11 is 0. The van der Waals surface area contributed by atoms with Crippen LogP contribution >= 0.6 is 0 Å². The van der Waals surface area contributed by atoms with Crippen LogP contribution in [-0.4, -0.2) is 31.9 Å². The molecule has 0 N–H and O–H groups in total. The molecule has 3 fully saturated rings. The van der Waals surface area contributed by atoms with Crippen LogP contribution in [0, 0.1) is 29.1 Å². The Kier molecular flexibility index (Phi) is 3.54. The number of rotatable bonds is 2. The standard InChI is InChI=1S/C16H22O5/c1-20-14(18)12-10-7-9-5-3-4-6-16(9,8-11(12)17)13(10)15(19)21-2/h9-10,12-13H,3-8H2,1-2H3/t9?,10?,12?,13-,16?/m1/s1. The van der Waals surface area contributed by atoms with Crippen LogP contribution in [-0.2, 0) is 23.9 Å². The van der Waals surface area contributed by atoms with Crippen LogP contribution in [0.15, 0.2) is 0 Å². The fourth-order valence-electron chi connectivity index (χ4n) is 5.30. The van der Waals surface area contributed by atoms with E-state index in [0.717, 1.165) is 32.1 Å². The number of carbonyl (C=O) groups is 3. The molecule has 2 bridgehead atoms. The van der Waals surface area contributed by atoms with Crippen LogP contribution < -0.4 is 0 Å². The van der Waals surface area contributed by atoms with E-state index in [4.69, 9.17) is 9.47 Å². The lowest BCUT2D eigenvalue weighted by atomic mass is 9.57. The zero-order valence-electron chi connectivity index (χ0n) is 12.6. The molecule has 3 aliphatic carbocycles. The van der Waals surface area contributed by atoms with Crippen LogP contribution in [0.4, 0.5) is 0 Å². The topological polar surface area (TPSA) is 69.7 Å². The first-order valence-corrected chi connectivity index (χ1v) is 7.73. The molecule has 21 heavy (non-hydrogen) atoms. The van der Waals surface area contributed by atoms with Gasteiger partial charge < -0.3 is 9.47 Å². The molecule has 0 aliphatic heterocycles. The third kappa shape index (κ3) is 1.93. The molecule has 0 aromatic heterocycles. The van der Waals surface area contributed by atoms with Crippen molar-refractivity contribution in [3.63, 3.8) is 0 Å². The summed E-state index contributed by atoms with van der Waals surface area (Å²) in [5, 5.41) is 0. The van der Waals surface area contributed by atoms with Gasteiger partial charge in [0, 0.05) is 6.42 Å². The lowest BCUT2D eigenvalue weighted by Crippen LogP contribution is -2.50. The molecule has 0 aromatic rings. The molecule has 4 unspecified atom stereocenters. The van der Waals surface area contributed by atoms with E-state index in [1.54, 1.807) is 0 Å². The lowest BCUT2D eigenvalue weighted by Gasteiger charge is -2.46. The number of hydrogen-bond acceptors (Lipinski definition) is 5. The molecule has 3 saturated carbocycles. The average Bonchev–Trinajstić information content (AvgIpc) is 2.73. The Labute approximate surface area is 124 Å². The largest absolute Gasteiger partial charge is 0.469 e. The number of carbonyl (C=O) groups excluding carboxylic acids is 3. The normalized spacial score (nSPS) is 41.3. The summed E-state index contributed by atoms with van der Waals surface area (Å²) in [6, 6.07) is 0. The summed E-state index contributed by atoms with van der Waals surface area (Å²) in [6.45, 7) is 0. The molecule has 0 amide bonds. The Morgan fingerprint density at radius 3 is 2.52 bits per heavy atom. The highest BCUT2D eigenvalue weighted by atomic mass is 16.5. The van der Waals surface area contributed by atoms with Gasteiger partial charge in [-0.1, -0.05) is 12.8 Å². The summed E-state index contributed by atoms with van der Waals surface area (Å²) < 4.78 is 9.82. The Bertz CT molecular complexity index is 485. The van der Waals surface area contributed by atoms with Crippen LogP contribution in [0.25, 0.3) is 0 Å². The molecular weight excluding hydrogens is 272 g/mol. The number of fused-ring (bicyclic) bond motifs is 1. The Hall–Kier alpha value is -1.39.